The van der Waals surface area contributed by atoms with Crippen LogP contribution in [0, 0.1) is 0 Å². The molecule has 1 aliphatic carbocycles. The molecule has 1 nitrogen and oxygen atoms in total. The lowest BCUT2D eigenvalue weighted by Crippen LogP contribution is -2.33. The van der Waals surface area contributed by atoms with E-state index in [1.165, 1.54) is 99.2 Å². The molecule has 0 radical (unpaired) electrons. The van der Waals surface area contributed by atoms with E-state index >= 15 is 0 Å². The molecule has 67 heavy (non-hydrogen) atoms. The Bertz CT molecular complexity index is 3340. The van der Waals surface area contributed by atoms with Crippen molar-refractivity contribution in [3.63, 3.8) is 0 Å². The van der Waals surface area contributed by atoms with Crippen molar-refractivity contribution in [1.29, 1.82) is 0 Å². The average molecular weight is 870 g/mol. The summed E-state index contributed by atoms with van der Waals surface area (Å²) < 4.78 is 0. The summed E-state index contributed by atoms with van der Waals surface area (Å²) in [6, 6.07) is 68.7. The highest BCUT2D eigenvalue weighted by molar-refractivity contribution is 6.12. The van der Waals surface area contributed by atoms with Gasteiger partial charge in [-0.2, -0.15) is 0 Å². The van der Waals surface area contributed by atoms with E-state index in [2.05, 4.69) is 267 Å². The highest BCUT2D eigenvalue weighted by Crippen LogP contribution is 2.47. The number of hydrogen-bond acceptors (Lipinski definition) is 1. The smallest absolute Gasteiger partial charge is 0.0632 e. The van der Waals surface area contributed by atoms with Gasteiger partial charge in [0.2, 0.25) is 0 Å². The summed E-state index contributed by atoms with van der Waals surface area (Å²) >= 11 is 0. The van der Waals surface area contributed by atoms with Crippen molar-refractivity contribution < 1.29 is 0 Å². The molecule has 0 heterocycles. The number of anilines is 2. The zero-order valence-corrected chi connectivity index (χ0v) is 40.8. The first kappa shape index (κ1) is 43.9. The molecule has 0 saturated heterocycles. The summed E-state index contributed by atoms with van der Waals surface area (Å²) in [5, 5.41) is 7.63. The van der Waals surface area contributed by atoms with Crippen molar-refractivity contribution in [2.45, 2.75) is 91.0 Å². The van der Waals surface area contributed by atoms with Crippen LogP contribution in [0.5, 0.6) is 0 Å². The van der Waals surface area contributed by atoms with Crippen LogP contribution in [0.3, 0.4) is 0 Å². The maximum atomic E-state index is 2.68. The predicted molar refractivity (Wildman–Crippen MR) is 292 cm³/mol. The predicted octanol–water partition coefficient (Wildman–Crippen LogP) is 18.6. The zero-order valence-electron chi connectivity index (χ0n) is 40.8. The maximum Gasteiger partial charge on any atom is 0.0632 e. The normalized spacial score (nSPS) is 14.5. The Hall–Kier alpha value is -6.96. The van der Waals surface area contributed by atoms with Gasteiger partial charge in [-0.25, -0.2) is 0 Å². The van der Waals surface area contributed by atoms with Crippen molar-refractivity contribution in [1.82, 2.24) is 0 Å². The Morgan fingerprint density at radius 1 is 0.403 bits per heavy atom. The monoisotopic (exact) mass is 869 g/mol. The molecule has 0 amide bonds. The molecule has 0 aromatic heterocycles. The molecule has 1 unspecified atom stereocenters. The molecule has 0 saturated carbocycles. The highest BCUT2D eigenvalue weighted by atomic mass is 15.2. The van der Waals surface area contributed by atoms with E-state index in [1.807, 2.05) is 0 Å². The molecule has 0 fully saturated rings. The van der Waals surface area contributed by atoms with Crippen molar-refractivity contribution >= 4 is 49.3 Å². The van der Waals surface area contributed by atoms with Gasteiger partial charge in [-0.05, 0) is 129 Å². The third kappa shape index (κ3) is 8.42. The average Bonchev–Trinajstić information content (AvgIpc) is 3.33. The standard InChI is InChI=1S/C66H63N/c1-64(2,3)49-36-38-55(44-21-11-10-12-22-44)62(43-49)67(52-27-17-26-47(41-52)54-30-20-32-57-53-28-14-13-23-45(53)35-37-58(54)57)61-34-16-15-29-59(61)60-33-19-25-46-24-18-31-56(63(46)60)48-39-50(65(4,5)6)42-51(40-48)66(7,8)9/h10-33,35-43,61H,34H2,1-9H3. The fraction of sp³-hybridized carbons (Fsp3) is 0.212. The number of benzene rings is 9. The van der Waals surface area contributed by atoms with Crippen molar-refractivity contribution in [2.75, 3.05) is 4.90 Å². The number of nitrogens with zero attached hydrogens (tertiary/aromatic N) is 1. The van der Waals surface area contributed by atoms with Gasteiger partial charge in [-0.15, -0.1) is 0 Å². The molecular formula is C66H63N. The van der Waals surface area contributed by atoms with E-state index in [4.69, 9.17) is 0 Å². The summed E-state index contributed by atoms with van der Waals surface area (Å²) in [4.78, 5) is 2.68. The van der Waals surface area contributed by atoms with Gasteiger partial charge in [0, 0.05) is 16.9 Å². The topological polar surface area (TPSA) is 3.24 Å². The minimum atomic E-state index is -0.0631. The second kappa shape index (κ2) is 17.0. The number of rotatable bonds is 7. The van der Waals surface area contributed by atoms with Crippen LogP contribution < -0.4 is 4.90 Å². The fourth-order valence-corrected chi connectivity index (χ4v) is 10.3. The Kier molecular flexibility index (Phi) is 11.2. The van der Waals surface area contributed by atoms with Crippen LogP contribution in [0.1, 0.15) is 91.0 Å². The maximum absolute atomic E-state index is 2.68. The molecular weight excluding hydrogens is 807 g/mol. The molecule has 0 N–H and O–H groups in total. The van der Waals surface area contributed by atoms with Crippen LogP contribution in [0.2, 0.25) is 0 Å². The lowest BCUT2D eigenvalue weighted by molar-refractivity contribution is 0.569. The summed E-state index contributed by atoms with van der Waals surface area (Å²) in [6.07, 6.45) is 7.89. The largest absolute Gasteiger partial charge is 0.333 e. The van der Waals surface area contributed by atoms with Crippen LogP contribution >= 0.6 is 0 Å². The Morgan fingerprint density at radius 2 is 1.01 bits per heavy atom. The van der Waals surface area contributed by atoms with Crippen LogP contribution in [-0.2, 0) is 16.2 Å². The molecule has 1 atom stereocenters. The van der Waals surface area contributed by atoms with Gasteiger partial charge >= 0.3 is 0 Å². The SMILES string of the molecule is CC(C)(C)c1cc(-c2cccc3cccc(C4=CC=CCC4N(c4cccc(-c5cccc6c5ccc5ccccc56)c4)c4cc(C(C)(C)C)ccc4-c4ccccc4)c23)cc(C(C)(C)C)c1. The summed E-state index contributed by atoms with van der Waals surface area (Å²) in [6.45, 7) is 21.0. The van der Waals surface area contributed by atoms with Gasteiger partial charge in [0.05, 0.1) is 6.04 Å². The van der Waals surface area contributed by atoms with Gasteiger partial charge in [-0.1, -0.05) is 244 Å². The van der Waals surface area contributed by atoms with E-state index in [9.17, 15) is 0 Å². The minimum absolute atomic E-state index is 0.00186. The molecule has 1 aliphatic rings. The molecule has 0 aliphatic heterocycles. The summed E-state index contributed by atoms with van der Waals surface area (Å²) in [5.41, 5.74) is 16.3. The van der Waals surface area contributed by atoms with E-state index < -0.39 is 0 Å². The lowest BCUT2D eigenvalue weighted by Gasteiger charge is -2.39. The quantitative estimate of drug-likeness (QED) is 0.144. The molecule has 1 heteroatoms. The molecule has 10 rings (SSSR count). The number of allylic oxidation sites excluding steroid dienone is 2. The Morgan fingerprint density at radius 3 is 1.75 bits per heavy atom. The van der Waals surface area contributed by atoms with E-state index in [0.717, 1.165) is 12.1 Å². The van der Waals surface area contributed by atoms with Crippen LogP contribution in [0.25, 0.3) is 71.3 Å². The van der Waals surface area contributed by atoms with Crippen LogP contribution in [0.15, 0.2) is 200 Å². The summed E-state index contributed by atoms with van der Waals surface area (Å²) in [5.74, 6) is 0. The van der Waals surface area contributed by atoms with Crippen molar-refractivity contribution in [2.24, 2.45) is 0 Å². The van der Waals surface area contributed by atoms with Gasteiger partial charge in [-0.3, -0.25) is 0 Å². The second-order valence-corrected chi connectivity index (χ2v) is 21.8. The van der Waals surface area contributed by atoms with Crippen LogP contribution in [-0.4, -0.2) is 6.04 Å². The third-order valence-corrected chi connectivity index (χ3v) is 14.1. The van der Waals surface area contributed by atoms with E-state index in [1.54, 1.807) is 0 Å². The molecule has 9 aromatic rings. The van der Waals surface area contributed by atoms with Crippen molar-refractivity contribution in [3.05, 3.63) is 222 Å². The molecule has 9 aromatic carbocycles. The molecule has 0 bridgehead atoms. The van der Waals surface area contributed by atoms with Gasteiger partial charge in [0.25, 0.3) is 0 Å². The fourth-order valence-electron chi connectivity index (χ4n) is 10.3. The molecule has 332 valence electrons. The van der Waals surface area contributed by atoms with Crippen molar-refractivity contribution in [3.8, 4) is 33.4 Å². The number of fused-ring (bicyclic) bond motifs is 4. The van der Waals surface area contributed by atoms with E-state index in [0.29, 0.717) is 0 Å². The van der Waals surface area contributed by atoms with Crippen LogP contribution in [0.4, 0.5) is 11.4 Å². The first-order valence-corrected chi connectivity index (χ1v) is 24.2. The lowest BCUT2D eigenvalue weighted by atomic mass is 9.78. The van der Waals surface area contributed by atoms with Gasteiger partial charge in [0.15, 0.2) is 0 Å². The number of hydrogen-bond donors (Lipinski definition) is 0. The summed E-state index contributed by atoms with van der Waals surface area (Å²) in [7, 11) is 0. The van der Waals surface area contributed by atoms with Gasteiger partial charge in [0.1, 0.15) is 0 Å². The molecule has 0 spiro atoms. The second-order valence-electron chi connectivity index (χ2n) is 21.8. The third-order valence-electron chi connectivity index (χ3n) is 14.1. The first-order chi connectivity index (χ1) is 32.1. The Labute approximate surface area is 399 Å². The van der Waals surface area contributed by atoms with E-state index in [-0.39, 0.29) is 22.3 Å². The Balaban J connectivity index is 1.22. The minimum Gasteiger partial charge on any atom is -0.333 e. The van der Waals surface area contributed by atoms with Gasteiger partial charge < -0.3 is 4.90 Å². The zero-order chi connectivity index (χ0) is 46.7. The first-order valence-electron chi connectivity index (χ1n) is 24.2. The highest BCUT2D eigenvalue weighted by Gasteiger charge is 2.31.